The average molecular weight is 475 g/mol. The molecule has 178 valence electrons. The summed E-state index contributed by atoms with van der Waals surface area (Å²) in [5.74, 6) is 0.0760. The molecule has 5 nitrogen and oxygen atoms in total. The number of carbonyl (C=O) groups is 1. The number of nitrogens with zero attached hydrogens (tertiary/aromatic N) is 3. The summed E-state index contributed by atoms with van der Waals surface area (Å²) < 4.78 is 1.31. The van der Waals surface area contributed by atoms with Crippen LogP contribution >= 0.6 is 11.3 Å². The van der Waals surface area contributed by atoms with Crippen LogP contribution in [-0.4, -0.2) is 47.5 Å². The van der Waals surface area contributed by atoms with Gasteiger partial charge in [-0.1, -0.05) is 25.0 Å². The number of amides is 1. The third kappa shape index (κ3) is 4.46. The first-order chi connectivity index (χ1) is 16.7. The van der Waals surface area contributed by atoms with Crippen molar-refractivity contribution >= 4 is 33.1 Å². The fourth-order valence-corrected chi connectivity index (χ4v) is 7.27. The van der Waals surface area contributed by atoms with Crippen LogP contribution in [0.25, 0.3) is 10.2 Å². The number of hydrogen-bond acceptors (Lipinski definition) is 5. The summed E-state index contributed by atoms with van der Waals surface area (Å²) in [6.07, 6.45) is 9.58. The Morgan fingerprint density at radius 3 is 2.41 bits per heavy atom. The number of aromatic nitrogens is 1. The fourth-order valence-electron chi connectivity index (χ4n) is 6.14. The second kappa shape index (κ2) is 9.67. The number of nitrogens with one attached hydrogen (secondary N) is 1. The SMILES string of the molecule is O=C(NC1CCCC1)c1ccc(N2CCC(N3CCCC3c3nc4ccccc4s3)CC2)cc1. The van der Waals surface area contributed by atoms with Crippen molar-refractivity contribution in [2.45, 2.75) is 69.5 Å². The normalized spacial score (nSPS) is 22.6. The fraction of sp³-hybridized carbons (Fsp3) is 0.500. The number of carbonyl (C=O) groups excluding carboxylic acids is 1. The van der Waals surface area contributed by atoms with Gasteiger partial charge in [-0.25, -0.2) is 4.98 Å². The Hall–Kier alpha value is -2.44. The highest BCUT2D eigenvalue weighted by atomic mass is 32.1. The molecule has 6 rings (SSSR count). The number of likely N-dealkylation sites (tertiary alicyclic amines) is 1. The summed E-state index contributed by atoms with van der Waals surface area (Å²) in [6, 6.07) is 18.2. The Morgan fingerprint density at radius 2 is 1.65 bits per heavy atom. The lowest BCUT2D eigenvalue weighted by molar-refractivity contribution is 0.0938. The molecule has 1 N–H and O–H groups in total. The molecule has 3 fully saturated rings. The van der Waals surface area contributed by atoms with Gasteiger partial charge in [-0.2, -0.15) is 0 Å². The van der Waals surface area contributed by atoms with Crippen LogP contribution < -0.4 is 10.2 Å². The second-order valence-corrected chi connectivity index (χ2v) is 11.2. The molecule has 3 aromatic rings. The van der Waals surface area contributed by atoms with Crippen molar-refractivity contribution in [2.24, 2.45) is 0 Å². The Kier molecular flexibility index (Phi) is 6.27. The Bertz CT molecular complexity index is 1100. The molecule has 1 aromatic heterocycles. The van der Waals surface area contributed by atoms with Gasteiger partial charge < -0.3 is 10.2 Å². The van der Waals surface area contributed by atoms with E-state index in [9.17, 15) is 4.79 Å². The molecule has 0 spiro atoms. The van der Waals surface area contributed by atoms with Gasteiger partial charge in [-0.15, -0.1) is 11.3 Å². The van der Waals surface area contributed by atoms with Crippen LogP contribution in [0.1, 0.15) is 72.8 Å². The summed E-state index contributed by atoms with van der Waals surface area (Å²) in [4.78, 5) is 22.8. The topological polar surface area (TPSA) is 48.5 Å². The number of fused-ring (bicyclic) bond motifs is 1. The van der Waals surface area contributed by atoms with E-state index in [1.165, 1.54) is 60.5 Å². The third-order valence-corrected chi connectivity index (χ3v) is 9.15. The highest BCUT2D eigenvalue weighted by Gasteiger charge is 2.35. The minimum atomic E-state index is 0.0760. The van der Waals surface area contributed by atoms with E-state index >= 15 is 0 Å². The first kappa shape index (κ1) is 22.1. The molecular formula is C28H34N4OS. The van der Waals surface area contributed by atoms with Crippen molar-refractivity contribution in [3.05, 3.63) is 59.1 Å². The average Bonchev–Trinajstić information content (AvgIpc) is 3.64. The van der Waals surface area contributed by atoms with Crippen molar-refractivity contribution in [1.82, 2.24) is 15.2 Å². The van der Waals surface area contributed by atoms with Crippen molar-refractivity contribution in [1.29, 1.82) is 0 Å². The van der Waals surface area contributed by atoms with E-state index < -0.39 is 0 Å². The van der Waals surface area contributed by atoms with E-state index in [1.54, 1.807) is 0 Å². The molecule has 2 aromatic carbocycles. The highest BCUT2D eigenvalue weighted by molar-refractivity contribution is 7.18. The predicted molar refractivity (Wildman–Crippen MR) is 140 cm³/mol. The van der Waals surface area contributed by atoms with Crippen LogP contribution in [0.5, 0.6) is 0 Å². The zero-order valence-corrected chi connectivity index (χ0v) is 20.6. The monoisotopic (exact) mass is 474 g/mol. The minimum Gasteiger partial charge on any atom is -0.371 e. The first-order valence-corrected chi connectivity index (χ1v) is 13.8. The maximum absolute atomic E-state index is 12.5. The zero-order chi connectivity index (χ0) is 22.9. The summed E-state index contributed by atoms with van der Waals surface area (Å²) >= 11 is 1.88. The van der Waals surface area contributed by atoms with Gasteiger partial charge in [-0.05, 0) is 81.5 Å². The van der Waals surface area contributed by atoms with Crippen LogP contribution in [0.4, 0.5) is 5.69 Å². The van der Waals surface area contributed by atoms with E-state index in [0.717, 1.165) is 37.0 Å². The Morgan fingerprint density at radius 1 is 0.882 bits per heavy atom. The lowest BCUT2D eigenvalue weighted by atomic mass is 10.0. The molecule has 3 heterocycles. The van der Waals surface area contributed by atoms with Gasteiger partial charge in [0, 0.05) is 36.4 Å². The number of piperidine rings is 1. The Balaban J connectivity index is 1.07. The van der Waals surface area contributed by atoms with Crippen molar-refractivity contribution in [2.75, 3.05) is 24.5 Å². The first-order valence-electron chi connectivity index (χ1n) is 13.0. The van der Waals surface area contributed by atoms with E-state index in [0.29, 0.717) is 18.1 Å². The van der Waals surface area contributed by atoms with Gasteiger partial charge >= 0.3 is 0 Å². The van der Waals surface area contributed by atoms with Crippen LogP contribution in [0.15, 0.2) is 48.5 Å². The van der Waals surface area contributed by atoms with Crippen molar-refractivity contribution < 1.29 is 4.79 Å². The molecular weight excluding hydrogens is 440 g/mol. The van der Waals surface area contributed by atoms with Gasteiger partial charge in [0.2, 0.25) is 0 Å². The summed E-state index contributed by atoms with van der Waals surface area (Å²) in [5, 5.41) is 4.49. The number of rotatable bonds is 5. The number of hydrogen-bond donors (Lipinski definition) is 1. The molecule has 34 heavy (non-hydrogen) atoms. The van der Waals surface area contributed by atoms with E-state index in [2.05, 4.69) is 51.5 Å². The molecule has 0 radical (unpaired) electrons. The summed E-state index contributed by atoms with van der Waals surface area (Å²) in [5.41, 5.74) is 3.16. The van der Waals surface area contributed by atoms with E-state index in [1.807, 2.05) is 23.5 Å². The van der Waals surface area contributed by atoms with E-state index in [-0.39, 0.29) is 5.91 Å². The standard InChI is InChI=1S/C28H34N4OS/c33-27(29-21-6-1-2-7-21)20-11-13-22(14-12-20)31-18-15-23(16-19-31)32-17-5-9-25(32)28-30-24-8-3-4-10-26(24)34-28/h3-4,8,10-14,21,23,25H,1-2,5-7,9,15-19H2,(H,29,33). The number of para-hydroxylation sites is 1. The van der Waals surface area contributed by atoms with Crippen LogP contribution in [0, 0.1) is 0 Å². The van der Waals surface area contributed by atoms with E-state index in [4.69, 9.17) is 4.98 Å². The van der Waals surface area contributed by atoms with Crippen LogP contribution in [-0.2, 0) is 0 Å². The van der Waals surface area contributed by atoms with Gasteiger partial charge in [-0.3, -0.25) is 9.69 Å². The highest BCUT2D eigenvalue weighted by Crippen LogP contribution is 2.39. The van der Waals surface area contributed by atoms with Crippen LogP contribution in [0.3, 0.4) is 0 Å². The van der Waals surface area contributed by atoms with Crippen molar-refractivity contribution in [3.63, 3.8) is 0 Å². The molecule has 0 bridgehead atoms. The zero-order valence-electron chi connectivity index (χ0n) is 19.8. The maximum atomic E-state index is 12.5. The van der Waals surface area contributed by atoms with Gasteiger partial charge in [0.1, 0.15) is 5.01 Å². The molecule has 6 heteroatoms. The van der Waals surface area contributed by atoms with Crippen molar-refractivity contribution in [3.8, 4) is 0 Å². The predicted octanol–water partition coefficient (Wildman–Crippen LogP) is 5.77. The number of thiazole rings is 1. The number of benzene rings is 2. The van der Waals surface area contributed by atoms with Gasteiger partial charge in [0.25, 0.3) is 5.91 Å². The largest absolute Gasteiger partial charge is 0.371 e. The molecule has 1 amide bonds. The molecule has 1 aliphatic carbocycles. The smallest absolute Gasteiger partial charge is 0.251 e. The Labute approximate surface area is 206 Å². The number of anilines is 1. The lowest BCUT2D eigenvalue weighted by Crippen LogP contribution is -2.44. The van der Waals surface area contributed by atoms with Crippen LogP contribution in [0.2, 0.25) is 0 Å². The van der Waals surface area contributed by atoms with Gasteiger partial charge in [0.15, 0.2) is 0 Å². The molecule has 3 aliphatic rings. The quantitative estimate of drug-likeness (QED) is 0.510. The molecule has 1 saturated carbocycles. The van der Waals surface area contributed by atoms with Gasteiger partial charge in [0.05, 0.1) is 16.3 Å². The lowest BCUT2D eigenvalue weighted by Gasteiger charge is -2.39. The summed E-state index contributed by atoms with van der Waals surface area (Å²) in [7, 11) is 0. The minimum absolute atomic E-state index is 0.0760. The molecule has 2 aliphatic heterocycles. The summed E-state index contributed by atoms with van der Waals surface area (Å²) in [6.45, 7) is 3.33. The molecule has 1 atom stereocenters. The third-order valence-electron chi connectivity index (χ3n) is 8.01. The maximum Gasteiger partial charge on any atom is 0.251 e. The molecule has 1 unspecified atom stereocenters. The second-order valence-electron chi connectivity index (χ2n) is 10.1. The molecule has 2 saturated heterocycles.